The number of benzene rings is 1. The van der Waals surface area contributed by atoms with Crippen LogP contribution in [0.4, 0.5) is 4.39 Å². The second kappa shape index (κ2) is 4.09. The van der Waals surface area contributed by atoms with E-state index in [0.717, 1.165) is 3.57 Å². The van der Waals surface area contributed by atoms with E-state index in [0.29, 0.717) is 5.56 Å². The maximum atomic E-state index is 13.4. The molecular weight excluding hydrogens is 310 g/mol. The van der Waals surface area contributed by atoms with Gasteiger partial charge >= 0.3 is 0 Å². The highest BCUT2D eigenvalue weighted by Crippen LogP contribution is 2.19. The Hall–Kier alpha value is -1.24. The normalized spacial score (nSPS) is 10.3. The molecule has 15 heavy (non-hydrogen) atoms. The standard InChI is InChI=1S/C10H6FIN2O/c11-8-9(13-5-14-10(8)15)6-2-1-3-7(12)4-6/h1-5H,(H,13,14,15). The van der Waals surface area contributed by atoms with E-state index in [1.54, 1.807) is 18.2 Å². The van der Waals surface area contributed by atoms with E-state index in [4.69, 9.17) is 0 Å². The molecule has 1 aromatic heterocycles. The van der Waals surface area contributed by atoms with Crippen LogP contribution in [0.1, 0.15) is 0 Å². The third-order valence-corrected chi connectivity index (χ3v) is 2.57. The van der Waals surface area contributed by atoms with Crippen LogP contribution >= 0.6 is 22.6 Å². The van der Waals surface area contributed by atoms with Gasteiger partial charge in [-0.25, -0.2) is 4.98 Å². The number of hydrogen-bond acceptors (Lipinski definition) is 2. The van der Waals surface area contributed by atoms with Crippen LogP contribution in [0.15, 0.2) is 35.4 Å². The van der Waals surface area contributed by atoms with Crippen LogP contribution in [0.3, 0.4) is 0 Å². The summed E-state index contributed by atoms with van der Waals surface area (Å²) in [4.78, 5) is 17.0. The van der Waals surface area contributed by atoms with Crippen molar-refractivity contribution in [2.24, 2.45) is 0 Å². The molecule has 0 amide bonds. The van der Waals surface area contributed by atoms with Crippen LogP contribution in [0.2, 0.25) is 0 Å². The van der Waals surface area contributed by atoms with Crippen molar-refractivity contribution in [2.75, 3.05) is 0 Å². The monoisotopic (exact) mass is 316 g/mol. The van der Waals surface area contributed by atoms with Gasteiger partial charge in [0.15, 0.2) is 0 Å². The number of aromatic amines is 1. The third kappa shape index (κ3) is 2.06. The van der Waals surface area contributed by atoms with Gasteiger partial charge in [0.1, 0.15) is 5.69 Å². The van der Waals surface area contributed by atoms with Crippen molar-refractivity contribution in [1.82, 2.24) is 9.97 Å². The molecule has 0 saturated carbocycles. The Morgan fingerprint density at radius 1 is 1.40 bits per heavy atom. The number of aromatic nitrogens is 2. The molecule has 0 aliphatic carbocycles. The van der Waals surface area contributed by atoms with E-state index in [9.17, 15) is 9.18 Å². The molecular formula is C10H6FIN2O. The van der Waals surface area contributed by atoms with Crippen molar-refractivity contribution in [3.05, 3.63) is 50.3 Å². The minimum atomic E-state index is -0.848. The molecule has 5 heteroatoms. The summed E-state index contributed by atoms with van der Waals surface area (Å²) in [5.41, 5.74) is -0.0679. The van der Waals surface area contributed by atoms with E-state index < -0.39 is 11.4 Å². The van der Waals surface area contributed by atoms with Gasteiger partial charge in [-0.05, 0) is 34.7 Å². The summed E-state index contributed by atoms with van der Waals surface area (Å²) in [5, 5.41) is 0. The minimum absolute atomic E-state index is 0.0808. The van der Waals surface area contributed by atoms with Crippen LogP contribution in [-0.2, 0) is 0 Å². The lowest BCUT2D eigenvalue weighted by Gasteiger charge is -2.01. The van der Waals surface area contributed by atoms with Crippen LogP contribution < -0.4 is 5.56 Å². The van der Waals surface area contributed by atoms with Gasteiger partial charge in [0.05, 0.1) is 6.33 Å². The highest BCUT2D eigenvalue weighted by atomic mass is 127. The molecule has 0 saturated heterocycles. The van der Waals surface area contributed by atoms with Crippen molar-refractivity contribution >= 4 is 22.6 Å². The second-order valence-electron chi connectivity index (χ2n) is 2.90. The summed E-state index contributed by atoms with van der Waals surface area (Å²) in [6.07, 6.45) is 1.20. The molecule has 2 rings (SSSR count). The number of nitrogens with one attached hydrogen (secondary N) is 1. The Kier molecular flexibility index (Phi) is 2.81. The first-order chi connectivity index (χ1) is 7.18. The molecule has 3 nitrogen and oxygen atoms in total. The molecule has 0 bridgehead atoms. The lowest BCUT2D eigenvalue weighted by molar-refractivity contribution is 0.605. The average molecular weight is 316 g/mol. The topological polar surface area (TPSA) is 45.8 Å². The molecule has 0 fully saturated rings. The first kappa shape index (κ1) is 10.3. The van der Waals surface area contributed by atoms with Gasteiger partial charge in [0, 0.05) is 9.13 Å². The second-order valence-corrected chi connectivity index (χ2v) is 4.15. The predicted molar refractivity (Wildman–Crippen MR) is 63.0 cm³/mol. The SMILES string of the molecule is O=c1[nH]cnc(-c2cccc(I)c2)c1F. The lowest BCUT2D eigenvalue weighted by atomic mass is 10.1. The maximum Gasteiger partial charge on any atom is 0.287 e. The van der Waals surface area contributed by atoms with Gasteiger partial charge in [-0.1, -0.05) is 12.1 Å². The van der Waals surface area contributed by atoms with Crippen LogP contribution in [0, 0.1) is 9.39 Å². The Morgan fingerprint density at radius 2 is 2.20 bits per heavy atom. The fourth-order valence-corrected chi connectivity index (χ4v) is 1.76. The number of H-pyrrole nitrogens is 1. The predicted octanol–water partition coefficient (Wildman–Crippen LogP) is 2.18. The van der Waals surface area contributed by atoms with E-state index in [2.05, 4.69) is 32.6 Å². The first-order valence-corrected chi connectivity index (χ1v) is 5.25. The van der Waals surface area contributed by atoms with Crippen molar-refractivity contribution in [1.29, 1.82) is 0 Å². The molecule has 1 heterocycles. The molecule has 76 valence electrons. The Labute approximate surface area is 98.5 Å². The van der Waals surface area contributed by atoms with E-state index in [1.165, 1.54) is 6.33 Å². The van der Waals surface area contributed by atoms with E-state index in [-0.39, 0.29) is 5.69 Å². The molecule has 0 spiro atoms. The van der Waals surface area contributed by atoms with Crippen LogP contribution in [0.5, 0.6) is 0 Å². The summed E-state index contributed by atoms with van der Waals surface area (Å²) in [7, 11) is 0. The number of nitrogens with zero attached hydrogens (tertiary/aromatic N) is 1. The molecule has 0 atom stereocenters. The third-order valence-electron chi connectivity index (χ3n) is 1.89. The zero-order valence-electron chi connectivity index (χ0n) is 7.50. The smallest absolute Gasteiger partial charge is 0.287 e. The van der Waals surface area contributed by atoms with E-state index in [1.807, 2.05) is 6.07 Å². The summed E-state index contributed by atoms with van der Waals surface area (Å²) in [6.45, 7) is 0. The molecule has 0 unspecified atom stereocenters. The molecule has 0 aliphatic rings. The molecule has 0 aliphatic heterocycles. The van der Waals surface area contributed by atoms with Crippen LogP contribution in [-0.4, -0.2) is 9.97 Å². The summed E-state index contributed by atoms with van der Waals surface area (Å²) < 4.78 is 14.4. The minimum Gasteiger partial charge on any atom is -0.311 e. The van der Waals surface area contributed by atoms with Crippen molar-refractivity contribution < 1.29 is 4.39 Å². The number of rotatable bonds is 1. The molecule has 1 aromatic carbocycles. The zero-order valence-corrected chi connectivity index (χ0v) is 9.66. The Morgan fingerprint density at radius 3 is 2.93 bits per heavy atom. The molecule has 0 radical (unpaired) electrons. The maximum absolute atomic E-state index is 13.4. The Bertz CT molecular complexity index is 553. The van der Waals surface area contributed by atoms with Gasteiger partial charge in [-0.15, -0.1) is 0 Å². The fourth-order valence-electron chi connectivity index (χ4n) is 1.22. The average Bonchev–Trinajstić information content (AvgIpc) is 2.22. The summed E-state index contributed by atoms with van der Waals surface area (Å²) >= 11 is 2.12. The van der Waals surface area contributed by atoms with Gasteiger partial charge in [-0.3, -0.25) is 4.79 Å². The van der Waals surface area contributed by atoms with Crippen LogP contribution in [0.25, 0.3) is 11.3 Å². The van der Waals surface area contributed by atoms with Gasteiger partial charge < -0.3 is 4.98 Å². The van der Waals surface area contributed by atoms with Crippen molar-refractivity contribution in [2.45, 2.75) is 0 Å². The number of halogens is 2. The summed E-state index contributed by atoms with van der Waals surface area (Å²) in [5.74, 6) is -0.848. The van der Waals surface area contributed by atoms with Crippen molar-refractivity contribution in [3.8, 4) is 11.3 Å². The molecule has 2 aromatic rings. The first-order valence-electron chi connectivity index (χ1n) is 4.17. The van der Waals surface area contributed by atoms with Gasteiger partial charge in [-0.2, -0.15) is 4.39 Å². The lowest BCUT2D eigenvalue weighted by Crippen LogP contribution is -2.12. The largest absolute Gasteiger partial charge is 0.311 e. The highest BCUT2D eigenvalue weighted by Gasteiger charge is 2.09. The number of hydrogen-bond donors (Lipinski definition) is 1. The zero-order chi connectivity index (χ0) is 10.8. The van der Waals surface area contributed by atoms with Gasteiger partial charge in [0.25, 0.3) is 5.56 Å². The van der Waals surface area contributed by atoms with E-state index >= 15 is 0 Å². The Balaban J connectivity index is 2.64. The quantitative estimate of drug-likeness (QED) is 0.820. The van der Waals surface area contributed by atoms with Gasteiger partial charge in [0.2, 0.25) is 5.82 Å². The van der Waals surface area contributed by atoms with Crippen molar-refractivity contribution in [3.63, 3.8) is 0 Å². The molecule has 1 N–H and O–H groups in total. The highest BCUT2D eigenvalue weighted by molar-refractivity contribution is 14.1. The summed E-state index contributed by atoms with van der Waals surface area (Å²) in [6, 6.07) is 7.16. The fraction of sp³-hybridized carbons (Fsp3) is 0.